The molecule has 0 aliphatic carbocycles. The highest BCUT2D eigenvalue weighted by molar-refractivity contribution is 7.89. The summed E-state index contributed by atoms with van der Waals surface area (Å²) in [6, 6.07) is 10.0. The topological polar surface area (TPSA) is 84.9 Å². The highest BCUT2D eigenvalue weighted by atomic mass is 32.2. The summed E-state index contributed by atoms with van der Waals surface area (Å²) >= 11 is 0. The number of rotatable bonds is 5. The second-order valence-corrected chi connectivity index (χ2v) is 11.1. The maximum absolute atomic E-state index is 13.2. The summed E-state index contributed by atoms with van der Waals surface area (Å²) in [4.78, 5) is 13.2. The smallest absolute Gasteiger partial charge is 0.243 e. The van der Waals surface area contributed by atoms with Gasteiger partial charge >= 0.3 is 0 Å². The molecule has 33 heavy (non-hydrogen) atoms. The number of nitrogens with one attached hydrogen (secondary N) is 1. The largest absolute Gasteiger partial charge is 0.497 e. The standard InChI is InChI=1S/C24H29FN2O5S/c1-24(2)14-21(20-11-8-18(31-3)13-22(20)32-24)26-23(28)16-5-4-12-27(15-16)33(29,30)19-9-6-17(25)7-10-19/h6-11,13,16,21H,4-5,12,14-15H2,1-3H3,(H,26,28)/t16-,21+/m0/s1. The van der Waals surface area contributed by atoms with Crippen LogP contribution in [0.25, 0.3) is 0 Å². The molecule has 2 aromatic carbocycles. The molecule has 0 aromatic heterocycles. The van der Waals surface area contributed by atoms with Crippen LogP contribution in [0.1, 0.15) is 44.7 Å². The Morgan fingerprint density at radius 1 is 1.21 bits per heavy atom. The molecule has 0 unspecified atom stereocenters. The predicted octanol–water partition coefficient (Wildman–Crippen LogP) is 3.65. The van der Waals surface area contributed by atoms with Gasteiger partial charge in [-0.05, 0) is 63.1 Å². The van der Waals surface area contributed by atoms with Crippen LogP contribution in [0, 0.1) is 11.7 Å². The molecule has 9 heteroatoms. The first-order chi connectivity index (χ1) is 15.6. The number of benzene rings is 2. The van der Waals surface area contributed by atoms with Crippen LogP contribution in [0.5, 0.6) is 11.5 Å². The number of hydrogen-bond acceptors (Lipinski definition) is 5. The van der Waals surface area contributed by atoms with Crippen LogP contribution in [0.4, 0.5) is 4.39 Å². The third-order valence-electron chi connectivity index (χ3n) is 6.20. The summed E-state index contributed by atoms with van der Waals surface area (Å²) in [5.41, 5.74) is 0.386. The highest BCUT2D eigenvalue weighted by Gasteiger charge is 2.38. The van der Waals surface area contributed by atoms with Crippen molar-refractivity contribution in [3.8, 4) is 11.5 Å². The first kappa shape index (κ1) is 23.5. The molecular weight excluding hydrogens is 447 g/mol. The fourth-order valence-electron chi connectivity index (χ4n) is 4.51. The van der Waals surface area contributed by atoms with E-state index in [2.05, 4.69) is 5.32 Å². The van der Waals surface area contributed by atoms with Gasteiger partial charge in [0, 0.05) is 31.1 Å². The Balaban J connectivity index is 1.50. The highest BCUT2D eigenvalue weighted by Crippen LogP contribution is 2.41. The fourth-order valence-corrected chi connectivity index (χ4v) is 6.03. The van der Waals surface area contributed by atoms with Gasteiger partial charge in [-0.2, -0.15) is 4.31 Å². The summed E-state index contributed by atoms with van der Waals surface area (Å²) in [6.07, 6.45) is 1.76. The molecule has 2 atom stereocenters. The van der Waals surface area contributed by atoms with E-state index in [0.29, 0.717) is 37.3 Å². The van der Waals surface area contributed by atoms with E-state index >= 15 is 0 Å². The van der Waals surface area contributed by atoms with Gasteiger partial charge in [-0.3, -0.25) is 4.79 Å². The van der Waals surface area contributed by atoms with Gasteiger partial charge in [-0.25, -0.2) is 12.8 Å². The van der Waals surface area contributed by atoms with Gasteiger partial charge in [0.25, 0.3) is 0 Å². The summed E-state index contributed by atoms with van der Waals surface area (Å²) in [6.45, 7) is 4.35. The van der Waals surface area contributed by atoms with Crippen molar-refractivity contribution in [2.24, 2.45) is 5.92 Å². The van der Waals surface area contributed by atoms with Crippen molar-refractivity contribution in [3.05, 3.63) is 53.8 Å². The van der Waals surface area contributed by atoms with E-state index in [9.17, 15) is 17.6 Å². The van der Waals surface area contributed by atoms with Gasteiger partial charge in [0.05, 0.1) is 24.0 Å². The lowest BCUT2D eigenvalue weighted by Gasteiger charge is -2.39. The Hall–Kier alpha value is -2.65. The van der Waals surface area contributed by atoms with E-state index in [1.165, 1.54) is 16.4 Å². The normalized spacial score (nSPS) is 22.7. The van der Waals surface area contributed by atoms with E-state index < -0.39 is 27.4 Å². The minimum atomic E-state index is -3.80. The van der Waals surface area contributed by atoms with Crippen molar-refractivity contribution in [1.29, 1.82) is 0 Å². The first-order valence-electron chi connectivity index (χ1n) is 11.0. The minimum absolute atomic E-state index is 0.0269. The Morgan fingerprint density at radius 3 is 2.64 bits per heavy atom. The number of hydrogen-bond donors (Lipinski definition) is 1. The molecule has 2 aromatic rings. The molecule has 2 aliphatic heterocycles. The van der Waals surface area contributed by atoms with E-state index in [1.54, 1.807) is 7.11 Å². The van der Waals surface area contributed by atoms with Gasteiger partial charge in [0.2, 0.25) is 15.9 Å². The lowest BCUT2D eigenvalue weighted by molar-refractivity contribution is -0.127. The van der Waals surface area contributed by atoms with Crippen LogP contribution >= 0.6 is 0 Å². The third kappa shape index (κ3) is 4.99. The van der Waals surface area contributed by atoms with Crippen molar-refractivity contribution in [1.82, 2.24) is 9.62 Å². The quantitative estimate of drug-likeness (QED) is 0.712. The molecule has 0 saturated carbocycles. The first-order valence-corrected chi connectivity index (χ1v) is 12.5. The SMILES string of the molecule is COc1ccc2c(c1)OC(C)(C)C[C@H]2NC(=O)[C@H]1CCCN(S(=O)(=O)c2ccc(F)cc2)C1. The molecule has 0 radical (unpaired) electrons. The average molecular weight is 477 g/mol. The lowest BCUT2D eigenvalue weighted by atomic mass is 9.88. The zero-order valence-corrected chi connectivity index (χ0v) is 19.8. The van der Waals surface area contributed by atoms with Crippen LogP contribution < -0.4 is 14.8 Å². The molecule has 1 fully saturated rings. The summed E-state index contributed by atoms with van der Waals surface area (Å²) < 4.78 is 52.0. The van der Waals surface area contributed by atoms with E-state index in [1.807, 2.05) is 32.0 Å². The number of halogens is 1. The second-order valence-electron chi connectivity index (χ2n) is 9.19. The molecule has 1 N–H and O–H groups in total. The second kappa shape index (κ2) is 8.95. The zero-order valence-electron chi connectivity index (χ0n) is 19.0. The molecule has 2 heterocycles. The molecule has 1 amide bonds. The van der Waals surface area contributed by atoms with Crippen molar-refractivity contribution in [2.45, 2.75) is 49.6 Å². The minimum Gasteiger partial charge on any atom is -0.497 e. The number of fused-ring (bicyclic) bond motifs is 1. The maximum Gasteiger partial charge on any atom is 0.243 e. The number of carbonyl (C=O) groups is 1. The number of amides is 1. The van der Waals surface area contributed by atoms with Crippen molar-refractivity contribution in [3.63, 3.8) is 0 Å². The number of ether oxygens (including phenoxy) is 2. The Labute approximate surface area is 193 Å². The molecule has 7 nitrogen and oxygen atoms in total. The monoisotopic (exact) mass is 476 g/mol. The summed E-state index contributed by atoms with van der Waals surface area (Å²) in [5, 5.41) is 3.13. The summed E-state index contributed by atoms with van der Waals surface area (Å²) in [7, 11) is -2.21. The number of sulfonamides is 1. The fraction of sp³-hybridized carbons (Fsp3) is 0.458. The lowest BCUT2D eigenvalue weighted by Crippen LogP contribution is -2.48. The zero-order chi connectivity index (χ0) is 23.8. The Bertz CT molecular complexity index is 1130. The van der Waals surface area contributed by atoms with E-state index in [0.717, 1.165) is 17.7 Å². The van der Waals surface area contributed by atoms with Crippen LogP contribution in [0.2, 0.25) is 0 Å². The molecule has 1 saturated heterocycles. The van der Waals surface area contributed by atoms with Crippen molar-refractivity contribution < 1.29 is 27.1 Å². The number of methoxy groups -OCH3 is 1. The Kier molecular flexibility index (Phi) is 6.37. The molecule has 178 valence electrons. The van der Waals surface area contributed by atoms with Gasteiger partial charge in [0.1, 0.15) is 22.9 Å². The van der Waals surface area contributed by atoms with Crippen LogP contribution in [-0.4, -0.2) is 44.4 Å². The van der Waals surface area contributed by atoms with Crippen LogP contribution in [-0.2, 0) is 14.8 Å². The third-order valence-corrected chi connectivity index (χ3v) is 8.08. The van der Waals surface area contributed by atoms with Crippen molar-refractivity contribution >= 4 is 15.9 Å². The van der Waals surface area contributed by atoms with Gasteiger partial charge in [-0.1, -0.05) is 0 Å². The van der Waals surface area contributed by atoms with Crippen molar-refractivity contribution in [2.75, 3.05) is 20.2 Å². The number of nitrogens with zero attached hydrogens (tertiary/aromatic N) is 1. The summed E-state index contributed by atoms with van der Waals surface area (Å²) in [5.74, 6) is 0.188. The molecular formula is C24H29FN2O5S. The molecule has 2 aliphatic rings. The Morgan fingerprint density at radius 2 is 1.94 bits per heavy atom. The predicted molar refractivity (Wildman–Crippen MR) is 121 cm³/mol. The number of carbonyl (C=O) groups excluding carboxylic acids is 1. The van der Waals surface area contributed by atoms with Gasteiger partial charge < -0.3 is 14.8 Å². The van der Waals surface area contributed by atoms with Gasteiger partial charge in [-0.15, -0.1) is 0 Å². The molecule has 4 rings (SSSR count). The van der Waals surface area contributed by atoms with E-state index in [-0.39, 0.29) is 23.4 Å². The molecule has 0 spiro atoms. The van der Waals surface area contributed by atoms with E-state index in [4.69, 9.17) is 9.47 Å². The van der Waals surface area contributed by atoms with Crippen LogP contribution in [0.3, 0.4) is 0 Å². The number of piperidine rings is 1. The molecule has 0 bridgehead atoms. The van der Waals surface area contributed by atoms with Crippen LogP contribution in [0.15, 0.2) is 47.4 Å². The van der Waals surface area contributed by atoms with Gasteiger partial charge in [0.15, 0.2) is 0 Å². The average Bonchev–Trinajstić information content (AvgIpc) is 2.78. The maximum atomic E-state index is 13.2.